The average molecular weight is 363 g/mol. The third-order valence-corrected chi connectivity index (χ3v) is 6.42. The lowest BCUT2D eigenvalue weighted by atomic mass is 9.96. The molecule has 1 atom stereocenters. The molecule has 132 valence electrons. The molecule has 1 heterocycles. The number of carbonyl (C=O) groups is 1. The van der Waals surface area contributed by atoms with E-state index in [1.165, 1.54) is 20.1 Å². The SMILES string of the molecule is COC(=O)[C@H]1Cc2ccccc2CN1S(=O)(=O)c1ccc(F)cc1C. The minimum absolute atomic E-state index is 0.0119. The highest BCUT2D eigenvalue weighted by Crippen LogP contribution is 2.31. The number of hydrogen-bond donors (Lipinski definition) is 0. The van der Waals surface area contributed by atoms with Crippen LogP contribution in [0.4, 0.5) is 4.39 Å². The quantitative estimate of drug-likeness (QED) is 0.786. The number of methoxy groups -OCH3 is 1. The third kappa shape index (κ3) is 3.17. The summed E-state index contributed by atoms with van der Waals surface area (Å²) in [6, 6.07) is 9.93. The van der Waals surface area contributed by atoms with Gasteiger partial charge < -0.3 is 4.74 Å². The summed E-state index contributed by atoms with van der Waals surface area (Å²) >= 11 is 0. The first kappa shape index (κ1) is 17.6. The minimum Gasteiger partial charge on any atom is -0.468 e. The van der Waals surface area contributed by atoms with Crippen LogP contribution in [-0.4, -0.2) is 31.8 Å². The minimum atomic E-state index is -3.99. The van der Waals surface area contributed by atoms with Gasteiger partial charge in [-0.3, -0.25) is 4.79 Å². The second-order valence-electron chi connectivity index (χ2n) is 5.97. The molecule has 3 rings (SSSR count). The highest BCUT2D eigenvalue weighted by molar-refractivity contribution is 7.89. The van der Waals surface area contributed by atoms with Gasteiger partial charge in [-0.25, -0.2) is 12.8 Å². The fourth-order valence-corrected chi connectivity index (χ4v) is 4.88. The van der Waals surface area contributed by atoms with Gasteiger partial charge in [0.15, 0.2) is 0 Å². The van der Waals surface area contributed by atoms with E-state index in [2.05, 4.69) is 0 Å². The monoisotopic (exact) mass is 363 g/mol. The van der Waals surface area contributed by atoms with Crippen molar-refractivity contribution in [2.45, 2.75) is 30.8 Å². The maximum absolute atomic E-state index is 13.4. The Hall–Kier alpha value is -2.25. The highest BCUT2D eigenvalue weighted by atomic mass is 32.2. The lowest BCUT2D eigenvalue weighted by Crippen LogP contribution is -2.49. The largest absolute Gasteiger partial charge is 0.468 e. The highest BCUT2D eigenvalue weighted by Gasteiger charge is 2.40. The molecule has 2 aromatic carbocycles. The molecule has 0 fully saturated rings. The van der Waals surface area contributed by atoms with Crippen LogP contribution in [0.3, 0.4) is 0 Å². The smallest absolute Gasteiger partial charge is 0.324 e. The first-order valence-electron chi connectivity index (χ1n) is 7.77. The van der Waals surface area contributed by atoms with Crippen LogP contribution in [0.2, 0.25) is 0 Å². The maximum atomic E-state index is 13.4. The van der Waals surface area contributed by atoms with Crippen molar-refractivity contribution in [1.29, 1.82) is 0 Å². The predicted molar refractivity (Wildman–Crippen MR) is 89.8 cm³/mol. The van der Waals surface area contributed by atoms with E-state index in [9.17, 15) is 17.6 Å². The summed E-state index contributed by atoms with van der Waals surface area (Å²) in [5, 5.41) is 0. The van der Waals surface area contributed by atoms with Crippen molar-refractivity contribution in [3.63, 3.8) is 0 Å². The van der Waals surface area contributed by atoms with Gasteiger partial charge in [-0.15, -0.1) is 0 Å². The lowest BCUT2D eigenvalue weighted by Gasteiger charge is -2.34. The summed E-state index contributed by atoms with van der Waals surface area (Å²) in [6.45, 7) is 1.59. The number of fused-ring (bicyclic) bond motifs is 1. The Bertz CT molecular complexity index is 926. The number of ether oxygens (including phenoxy) is 1. The van der Waals surface area contributed by atoms with E-state index < -0.39 is 27.9 Å². The fraction of sp³-hybridized carbons (Fsp3) is 0.278. The summed E-state index contributed by atoms with van der Waals surface area (Å²) in [5.41, 5.74) is 2.05. The topological polar surface area (TPSA) is 63.7 Å². The molecule has 0 aromatic heterocycles. The Morgan fingerprint density at radius 3 is 2.52 bits per heavy atom. The molecule has 5 nitrogen and oxygen atoms in total. The third-order valence-electron chi connectivity index (χ3n) is 4.40. The first-order valence-corrected chi connectivity index (χ1v) is 9.21. The van der Waals surface area contributed by atoms with Gasteiger partial charge in [0.1, 0.15) is 11.9 Å². The van der Waals surface area contributed by atoms with Crippen molar-refractivity contribution in [2.75, 3.05) is 7.11 Å². The average Bonchev–Trinajstić information content (AvgIpc) is 2.59. The predicted octanol–water partition coefficient (Wildman–Crippen LogP) is 2.42. The number of esters is 1. The zero-order valence-electron chi connectivity index (χ0n) is 13.9. The van der Waals surface area contributed by atoms with E-state index in [4.69, 9.17) is 4.74 Å². The van der Waals surface area contributed by atoms with E-state index in [-0.39, 0.29) is 17.9 Å². The number of carbonyl (C=O) groups excluding carboxylic acids is 1. The normalized spacial score (nSPS) is 17.8. The fourth-order valence-electron chi connectivity index (χ4n) is 3.12. The summed E-state index contributed by atoms with van der Waals surface area (Å²) in [4.78, 5) is 12.2. The molecular formula is C18H18FNO4S. The number of sulfonamides is 1. The summed E-state index contributed by atoms with van der Waals surface area (Å²) in [5.74, 6) is -1.12. The molecule has 0 spiro atoms. The Balaban J connectivity index is 2.10. The Labute approximate surface area is 146 Å². The van der Waals surface area contributed by atoms with E-state index in [1.54, 1.807) is 0 Å². The van der Waals surface area contributed by atoms with E-state index in [0.717, 1.165) is 27.6 Å². The maximum Gasteiger partial charge on any atom is 0.324 e. The Morgan fingerprint density at radius 2 is 1.88 bits per heavy atom. The van der Waals surface area contributed by atoms with Crippen LogP contribution in [0, 0.1) is 12.7 Å². The number of hydrogen-bond acceptors (Lipinski definition) is 4. The lowest BCUT2D eigenvalue weighted by molar-refractivity contribution is -0.145. The molecule has 0 saturated heterocycles. The molecule has 1 aliphatic heterocycles. The molecular weight excluding hydrogens is 345 g/mol. The molecule has 0 radical (unpaired) electrons. The van der Waals surface area contributed by atoms with Crippen molar-refractivity contribution < 1.29 is 22.3 Å². The van der Waals surface area contributed by atoms with E-state index >= 15 is 0 Å². The second-order valence-corrected chi connectivity index (χ2v) is 7.83. The van der Waals surface area contributed by atoms with Crippen molar-refractivity contribution in [3.8, 4) is 0 Å². The van der Waals surface area contributed by atoms with Crippen molar-refractivity contribution >= 4 is 16.0 Å². The summed E-state index contributed by atoms with van der Waals surface area (Å²) < 4.78 is 45.6. The molecule has 0 amide bonds. The number of rotatable bonds is 3. The van der Waals surface area contributed by atoms with Crippen molar-refractivity contribution in [1.82, 2.24) is 4.31 Å². The van der Waals surface area contributed by atoms with Gasteiger partial charge in [-0.2, -0.15) is 4.31 Å². The van der Waals surface area contributed by atoms with Crippen LogP contribution in [0.1, 0.15) is 16.7 Å². The van der Waals surface area contributed by atoms with Crippen molar-refractivity contribution in [3.05, 3.63) is 65.0 Å². The van der Waals surface area contributed by atoms with Crippen LogP contribution in [0.25, 0.3) is 0 Å². The van der Waals surface area contributed by atoms with Crippen LogP contribution >= 0.6 is 0 Å². The molecule has 0 bridgehead atoms. The number of benzene rings is 2. The standard InChI is InChI=1S/C18H18FNO4S/c1-12-9-15(19)7-8-17(12)25(22,23)20-11-14-6-4-3-5-13(14)10-16(20)18(21)24-2/h3-9,16H,10-11H2,1-2H3/t16-/m1/s1. The van der Waals surface area contributed by atoms with Gasteiger partial charge in [0.05, 0.1) is 12.0 Å². The molecule has 0 unspecified atom stereocenters. The molecule has 7 heteroatoms. The van der Waals surface area contributed by atoms with Crippen LogP contribution in [0.5, 0.6) is 0 Å². The Morgan fingerprint density at radius 1 is 1.20 bits per heavy atom. The molecule has 0 saturated carbocycles. The summed E-state index contributed by atoms with van der Waals surface area (Å²) in [7, 11) is -2.76. The zero-order valence-corrected chi connectivity index (χ0v) is 14.7. The van der Waals surface area contributed by atoms with E-state index in [0.29, 0.717) is 5.56 Å². The molecule has 1 aliphatic rings. The number of aryl methyl sites for hydroxylation is 1. The van der Waals surface area contributed by atoms with E-state index in [1.807, 2.05) is 24.3 Å². The van der Waals surface area contributed by atoms with Gasteiger partial charge in [-0.05, 0) is 41.8 Å². The number of nitrogens with zero attached hydrogens (tertiary/aromatic N) is 1. The van der Waals surface area contributed by atoms with Crippen LogP contribution in [0.15, 0.2) is 47.4 Å². The second kappa shape index (κ2) is 6.57. The van der Waals surface area contributed by atoms with Gasteiger partial charge in [0.2, 0.25) is 10.0 Å². The summed E-state index contributed by atoms with van der Waals surface area (Å²) in [6.07, 6.45) is 0.238. The molecule has 25 heavy (non-hydrogen) atoms. The van der Waals surface area contributed by atoms with Crippen LogP contribution < -0.4 is 0 Å². The van der Waals surface area contributed by atoms with Crippen molar-refractivity contribution in [2.24, 2.45) is 0 Å². The first-order chi connectivity index (χ1) is 11.8. The molecule has 0 aliphatic carbocycles. The van der Waals surface area contributed by atoms with Gasteiger partial charge >= 0.3 is 5.97 Å². The van der Waals surface area contributed by atoms with Gasteiger partial charge in [0.25, 0.3) is 0 Å². The molecule has 0 N–H and O–H groups in total. The molecule has 2 aromatic rings. The number of halogens is 1. The zero-order chi connectivity index (χ0) is 18.2. The van der Waals surface area contributed by atoms with Gasteiger partial charge in [0, 0.05) is 13.0 Å². The van der Waals surface area contributed by atoms with Crippen LogP contribution in [-0.2, 0) is 32.5 Å². The van der Waals surface area contributed by atoms with Gasteiger partial charge in [-0.1, -0.05) is 24.3 Å². The Kier molecular flexibility index (Phi) is 4.62.